The van der Waals surface area contributed by atoms with Crippen molar-refractivity contribution in [3.63, 3.8) is 0 Å². The lowest BCUT2D eigenvalue weighted by atomic mass is 10.1. The Morgan fingerprint density at radius 1 is 1.04 bits per heavy atom. The molecule has 0 aromatic heterocycles. The summed E-state index contributed by atoms with van der Waals surface area (Å²) in [4.78, 5) is 16.5. The van der Waals surface area contributed by atoms with Crippen LogP contribution in [0, 0.1) is 5.82 Å². The zero-order valence-electron chi connectivity index (χ0n) is 14.5. The first-order valence-corrected chi connectivity index (χ1v) is 8.77. The maximum atomic E-state index is 13.0. The van der Waals surface area contributed by atoms with Crippen molar-refractivity contribution in [2.75, 3.05) is 42.9 Å². The minimum Gasteiger partial charge on any atom is -0.376 e. The van der Waals surface area contributed by atoms with Crippen molar-refractivity contribution in [3.05, 3.63) is 59.9 Å². The SMILES string of the molecule is CCc1ccccc1NCC(=O)N1CCN(c2ccc(F)cc2)CC1. The van der Waals surface area contributed by atoms with Crippen LogP contribution in [0.4, 0.5) is 15.8 Å². The van der Waals surface area contributed by atoms with Gasteiger partial charge in [-0.15, -0.1) is 0 Å². The Labute approximate surface area is 148 Å². The Hall–Kier alpha value is -2.56. The highest BCUT2D eigenvalue weighted by molar-refractivity contribution is 5.81. The molecule has 2 aromatic carbocycles. The molecule has 25 heavy (non-hydrogen) atoms. The molecule has 0 unspecified atom stereocenters. The second-order valence-electron chi connectivity index (χ2n) is 6.21. The molecule has 1 fully saturated rings. The molecule has 1 N–H and O–H groups in total. The third-order valence-corrected chi connectivity index (χ3v) is 4.65. The van der Waals surface area contributed by atoms with Crippen LogP contribution in [0.25, 0.3) is 0 Å². The van der Waals surface area contributed by atoms with Gasteiger partial charge in [-0.25, -0.2) is 4.39 Å². The van der Waals surface area contributed by atoms with Gasteiger partial charge >= 0.3 is 0 Å². The van der Waals surface area contributed by atoms with Crippen molar-refractivity contribution < 1.29 is 9.18 Å². The van der Waals surface area contributed by atoms with E-state index in [9.17, 15) is 9.18 Å². The van der Waals surface area contributed by atoms with E-state index < -0.39 is 0 Å². The Bertz CT molecular complexity index is 709. The van der Waals surface area contributed by atoms with Gasteiger partial charge in [0.1, 0.15) is 5.82 Å². The molecule has 1 saturated heterocycles. The number of carbonyl (C=O) groups is 1. The molecule has 0 saturated carbocycles. The first kappa shape index (κ1) is 17.3. The molecular weight excluding hydrogens is 317 g/mol. The number of aryl methyl sites for hydroxylation is 1. The lowest BCUT2D eigenvalue weighted by Gasteiger charge is -2.36. The highest BCUT2D eigenvalue weighted by Crippen LogP contribution is 2.18. The predicted molar refractivity (Wildman–Crippen MR) is 99.5 cm³/mol. The first-order chi connectivity index (χ1) is 12.2. The molecule has 0 atom stereocenters. The van der Waals surface area contributed by atoms with Crippen LogP contribution < -0.4 is 10.2 Å². The van der Waals surface area contributed by atoms with Crippen LogP contribution in [-0.4, -0.2) is 43.5 Å². The smallest absolute Gasteiger partial charge is 0.241 e. The summed E-state index contributed by atoms with van der Waals surface area (Å²) in [5.41, 5.74) is 3.25. The molecule has 0 radical (unpaired) electrons. The molecule has 0 aliphatic carbocycles. The first-order valence-electron chi connectivity index (χ1n) is 8.77. The summed E-state index contributed by atoms with van der Waals surface area (Å²) >= 11 is 0. The minimum absolute atomic E-state index is 0.115. The van der Waals surface area contributed by atoms with Crippen molar-refractivity contribution in [2.45, 2.75) is 13.3 Å². The van der Waals surface area contributed by atoms with E-state index in [-0.39, 0.29) is 11.7 Å². The average molecular weight is 341 g/mol. The highest BCUT2D eigenvalue weighted by atomic mass is 19.1. The average Bonchev–Trinajstić information content (AvgIpc) is 2.67. The maximum absolute atomic E-state index is 13.0. The van der Waals surface area contributed by atoms with Gasteiger partial charge in [-0.2, -0.15) is 0 Å². The molecule has 0 spiro atoms. The van der Waals surface area contributed by atoms with Gasteiger partial charge in [0.2, 0.25) is 5.91 Å². The quantitative estimate of drug-likeness (QED) is 0.907. The van der Waals surface area contributed by atoms with E-state index in [1.54, 1.807) is 12.1 Å². The van der Waals surface area contributed by atoms with Crippen LogP contribution in [-0.2, 0) is 11.2 Å². The van der Waals surface area contributed by atoms with Gasteiger partial charge < -0.3 is 15.1 Å². The van der Waals surface area contributed by atoms with E-state index >= 15 is 0 Å². The van der Waals surface area contributed by atoms with E-state index in [1.807, 2.05) is 23.1 Å². The number of piperazine rings is 1. The molecule has 2 aromatic rings. The number of carbonyl (C=O) groups excluding carboxylic acids is 1. The van der Waals surface area contributed by atoms with Crippen molar-refractivity contribution in [1.82, 2.24) is 4.90 Å². The van der Waals surface area contributed by atoms with Gasteiger partial charge in [-0.3, -0.25) is 4.79 Å². The number of benzene rings is 2. The van der Waals surface area contributed by atoms with Crippen molar-refractivity contribution >= 4 is 17.3 Å². The summed E-state index contributed by atoms with van der Waals surface area (Å²) < 4.78 is 13.0. The standard InChI is InChI=1S/C20H24FN3O/c1-2-16-5-3-4-6-19(16)22-15-20(25)24-13-11-23(12-14-24)18-9-7-17(21)8-10-18/h3-10,22H,2,11-15H2,1H3. The molecule has 1 aliphatic rings. The van der Waals surface area contributed by atoms with Gasteiger partial charge in [-0.05, 0) is 42.3 Å². The van der Waals surface area contributed by atoms with Gasteiger partial charge in [0, 0.05) is 37.6 Å². The Morgan fingerprint density at radius 2 is 1.72 bits per heavy atom. The number of halogens is 1. The van der Waals surface area contributed by atoms with Gasteiger partial charge in [0.15, 0.2) is 0 Å². The normalized spacial score (nSPS) is 14.5. The Kier molecular flexibility index (Phi) is 5.53. The number of anilines is 2. The van der Waals surface area contributed by atoms with E-state index in [0.29, 0.717) is 19.6 Å². The van der Waals surface area contributed by atoms with Crippen LogP contribution in [0.5, 0.6) is 0 Å². The van der Waals surface area contributed by atoms with Gasteiger partial charge in [-0.1, -0.05) is 25.1 Å². The van der Waals surface area contributed by atoms with Crippen molar-refractivity contribution in [1.29, 1.82) is 0 Å². The maximum Gasteiger partial charge on any atom is 0.241 e. The Morgan fingerprint density at radius 3 is 2.40 bits per heavy atom. The number of para-hydroxylation sites is 1. The van der Waals surface area contributed by atoms with Gasteiger partial charge in [0.25, 0.3) is 0 Å². The van der Waals surface area contributed by atoms with E-state index in [0.717, 1.165) is 30.9 Å². The van der Waals surface area contributed by atoms with E-state index in [2.05, 4.69) is 23.2 Å². The number of nitrogens with zero attached hydrogens (tertiary/aromatic N) is 2. The van der Waals surface area contributed by atoms with E-state index in [1.165, 1.54) is 17.7 Å². The summed E-state index contributed by atoms with van der Waals surface area (Å²) in [5.74, 6) is -0.110. The Balaban J connectivity index is 1.50. The molecule has 1 heterocycles. The summed E-state index contributed by atoms with van der Waals surface area (Å²) in [6, 6.07) is 14.6. The highest BCUT2D eigenvalue weighted by Gasteiger charge is 2.21. The van der Waals surface area contributed by atoms with Crippen LogP contribution in [0.15, 0.2) is 48.5 Å². The monoisotopic (exact) mass is 341 g/mol. The van der Waals surface area contributed by atoms with Crippen molar-refractivity contribution in [3.8, 4) is 0 Å². The molecule has 0 bridgehead atoms. The van der Waals surface area contributed by atoms with Crippen LogP contribution in [0.1, 0.15) is 12.5 Å². The second kappa shape index (κ2) is 8.01. The summed E-state index contributed by atoms with van der Waals surface area (Å²) in [7, 11) is 0. The molecule has 5 heteroatoms. The molecule has 1 amide bonds. The number of hydrogen-bond acceptors (Lipinski definition) is 3. The fourth-order valence-electron chi connectivity index (χ4n) is 3.15. The lowest BCUT2D eigenvalue weighted by molar-refractivity contribution is -0.129. The molecule has 3 rings (SSSR count). The largest absolute Gasteiger partial charge is 0.376 e. The fourth-order valence-corrected chi connectivity index (χ4v) is 3.15. The minimum atomic E-state index is -0.226. The summed E-state index contributed by atoms with van der Waals surface area (Å²) in [5, 5.41) is 3.26. The van der Waals surface area contributed by atoms with Crippen LogP contribution >= 0.6 is 0 Å². The predicted octanol–water partition coefficient (Wildman–Crippen LogP) is 3.15. The fraction of sp³-hybridized carbons (Fsp3) is 0.350. The van der Waals surface area contributed by atoms with E-state index in [4.69, 9.17) is 0 Å². The third kappa shape index (κ3) is 4.29. The van der Waals surface area contributed by atoms with Crippen LogP contribution in [0.2, 0.25) is 0 Å². The second-order valence-corrected chi connectivity index (χ2v) is 6.21. The lowest BCUT2D eigenvalue weighted by Crippen LogP contribution is -2.50. The topological polar surface area (TPSA) is 35.6 Å². The number of hydrogen-bond donors (Lipinski definition) is 1. The number of rotatable bonds is 5. The molecular formula is C20H24FN3O. The van der Waals surface area contributed by atoms with Crippen LogP contribution in [0.3, 0.4) is 0 Å². The molecule has 132 valence electrons. The third-order valence-electron chi connectivity index (χ3n) is 4.65. The number of nitrogens with one attached hydrogen (secondary N) is 1. The van der Waals surface area contributed by atoms with Gasteiger partial charge in [0.05, 0.1) is 6.54 Å². The van der Waals surface area contributed by atoms with Crippen molar-refractivity contribution in [2.24, 2.45) is 0 Å². The zero-order valence-corrected chi connectivity index (χ0v) is 14.5. The summed E-state index contributed by atoms with van der Waals surface area (Å²) in [6.45, 7) is 5.33. The summed E-state index contributed by atoms with van der Waals surface area (Å²) in [6.07, 6.45) is 0.938. The molecule has 1 aliphatic heterocycles. The number of amides is 1. The molecule has 4 nitrogen and oxygen atoms in total. The zero-order chi connectivity index (χ0) is 17.6.